The zero-order valence-corrected chi connectivity index (χ0v) is 14.7. The molecule has 1 amide bonds. The van der Waals surface area contributed by atoms with Gasteiger partial charge in [0.05, 0.1) is 6.61 Å². The van der Waals surface area contributed by atoms with Crippen molar-refractivity contribution in [3.63, 3.8) is 0 Å². The van der Waals surface area contributed by atoms with Gasteiger partial charge in [0.1, 0.15) is 0 Å². The van der Waals surface area contributed by atoms with E-state index in [1.807, 2.05) is 11.8 Å². The van der Waals surface area contributed by atoms with E-state index in [0.717, 1.165) is 31.6 Å². The number of aliphatic hydroxyl groups excluding tert-OH is 1. The summed E-state index contributed by atoms with van der Waals surface area (Å²) in [5.41, 5.74) is 0. The van der Waals surface area contributed by atoms with E-state index >= 15 is 0 Å². The number of carbonyl (C=O) groups is 1. The van der Waals surface area contributed by atoms with Gasteiger partial charge in [-0.3, -0.25) is 4.79 Å². The summed E-state index contributed by atoms with van der Waals surface area (Å²) in [7, 11) is 0. The number of nitrogens with one attached hydrogen (secondary N) is 1. The summed E-state index contributed by atoms with van der Waals surface area (Å²) in [4.78, 5) is 11.5. The summed E-state index contributed by atoms with van der Waals surface area (Å²) >= 11 is 1.85. The second-order valence-electron chi connectivity index (χ2n) is 5.62. The number of rotatable bonds is 16. The van der Waals surface area contributed by atoms with Crippen LogP contribution in [0, 0.1) is 0 Å². The maximum absolute atomic E-state index is 11.5. The van der Waals surface area contributed by atoms with Gasteiger partial charge in [-0.05, 0) is 25.0 Å². The standard InChI is InChI=1S/C17H35NO2S/c1-2-3-13-18-17(20)12-10-8-6-4-5-7-9-11-15-21-16-14-19/h19H,2-16H2,1H3,(H,18,20). The van der Waals surface area contributed by atoms with Crippen molar-refractivity contribution in [2.24, 2.45) is 0 Å². The van der Waals surface area contributed by atoms with Crippen molar-refractivity contribution in [2.45, 2.75) is 77.6 Å². The van der Waals surface area contributed by atoms with E-state index in [1.165, 1.54) is 50.7 Å². The lowest BCUT2D eigenvalue weighted by Crippen LogP contribution is -2.23. The first-order chi connectivity index (χ1) is 10.3. The van der Waals surface area contributed by atoms with Gasteiger partial charge in [0.15, 0.2) is 0 Å². The minimum atomic E-state index is 0.226. The molecule has 0 saturated heterocycles. The van der Waals surface area contributed by atoms with Crippen molar-refractivity contribution in [1.29, 1.82) is 0 Å². The lowest BCUT2D eigenvalue weighted by atomic mass is 10.1. The fourth-order valence-electron chi connectivity index (χ4n) is 2.21. The highest BCUT2D eigenvalue weighted by molar-refractivity contribution is 7.99. The Labute approximate surface area is 135 Å². The van der Waals surface area contributed by atoms with Gasteiger partial charge in [-0.15, -0.1) is 0 Å². The summed E-state index contributed by atoms with van der Waals surface area (Å²) in [6, 6.07) is 0. The van der Waals surface area contributed by atoms with Crippen molar-refractivity contribution in [3.05, 3.63) is 0 Å². The maximum atomic E-state index is 11.5. The maximum Gasteiger partial charge on any atom is 0.219 e. The van der Waals surface area contributed by atoms with Crippen LogP contribution in [-0.2, 0) is 4.79 Å². The molecule has 4 heteroatoms. The number of hydrogen-bond acceptors (Lipinski definition) is 3. The number of thioether (sulfide) groups is 1. The zero-order valence-electron chi connectivity index (χ0n) is 13.9. The SMILES string of the molecule is CCCCNC(=O)CCCCCCCCCCSCCO. The first-order valence-corrected chi connectivity index (χ1v) is 9.92. The molecule has 0 bridgehead atoms. The van der Waals surface area contributed by atoms with Gasteiger partial charge >= 0.3 is 0 Å². The van der Waals surface area contributed by atoms with Gasteiger partial charge in [0.2, 0.25) is 5.91 Å². The smallest absolute Gasteiger partial charge is 0.219 e. The summed E-state index contributed by atoms with van der Waals surface area (Å²) in [5.74, 6) is 2.29. The van der Waals surface area contributed by atoms with E-state index < -0.39 is 0 Å². The Morgan fingerprint density at radius 2 is 1.52 bits per heavy atom. The van der Waals surface area contributed by atoms with Gasteiger partial charge < -0.3 is 10.4 Å². The number of hydrogen-bond donors (Lipinski definition) is 2. The predicted molar refractivity (Wildman–Crippen MR) is 93.9 cm³/mol. The van der Waals surface area contributed by atoms with Crippen LogP contribution in [0.25, 0.3) is 0 Å². The Balaban J connectivity index is 3.06. The van der Waals surface area contributed by atoms with Crippen LogP contribution < -0.4 is 5.32 Å². The molecule has 0 unspecified atom stereocenters. The fraction of sp³-hybridized carbons (Fsp3) is 0.941. The molecule has 0 heterocycles. The van der Waals surface area contributed by atoms with E-state index in [9.17, 15) is 4.79 Å². The molecule has 0 aliphatic carbocycles. The third kappa shape index (κ3) is 17.7. The van der Waals surface area contributed by atoms with E-state index in [-0.39, 0.29) is 5.91 Å². The predicted octanol–water partition coefficient (Wildman–Crippen LogP) is 4.14. The lowest BCUT2D eigenvalue weighted by Gasteiger charge is -2.04. The Kier molecular flexibility index (Phi) is 17.6. The minimum absolute atomic E-state index is 0.226. The molecule has 0 aliphatic heterocycles. The molecule has 0 spiro atoms. The van der Waals surface area contributed by atoms with Crippen molar-refractivity contribution >= 4 is 17.7 Å². The average Bonchev–Trinajstić information content (AvgIpc) is 2.48. The molecular formula is C17H35NO2S. The molecule has 0 aromatic heterocycles. The van der Waals surface area contributed by atoms with Crippen LogP contribution in [0.15, 0.2) is 0 Å². The van der Waals surface area contributed by atoms with E-state index in [0.29, 0.717) is 13.0 Å². The largest absolute Gasteiger partial charge is 0.396 e. The zero-order chi connectivity index (χ0) is 15.6. The topological polar surface area (TPSA) is 49.3 Å². The summed E-state index contributed by atoms with van der Waals surface area (Å²) < 4.78 is 0. The quantitative estimate of drug-likeness (QED) is 0.421. The van der Waals surface area contributed by atoms with Crippen LogP contribution in [0.2, 0.25) is 0 Å². The van der Waals surface area contributed by atoms with E-state index in [2.05, 4.69) is 12.2 Å². The van der Waals surface area contributed by atoms with Gasteiger partial charge in [-0.2, -0.15) is 11.8 Å². The molecule has 3 nitrogen and oxygen atoms in total. The summed E-state index contributed by atoms with van der Waals surface area (Å²) in [6.45, 7) is 3.29. The van der Waals surface area contributed by atoms with Crippen LogP contribution in [0.1, 0.15) is 77.6 Å². The van der Waals surface area contributed by atoms with Gasteiger partial charge in [-0.25, -0.2) is 0 Å². The van der Waals surface area contributed by atoms with Crippen LogP contribution in [0.4, 0.5) is 0 Å². The third-order valence-corrected chi connectivity index (χ3v) is 4.58. The van der Waals surface area contributed by atoms with Crippen LogP contribution in [0.3, 0.4) is 0 Å². The van der Waals surface area contributed by atoms with Crippen molar-refractivity contribution in [2.75, 3.05) is 24.7 Å². The Morgan fingerprint density at radius 1 is 0.905 bits per heavy atom. The fourth-order valence-corrected chi connectivity index (χ4v) is 2.95. The van der Waals surface area contributed by atoms with Gasteiger partial charge in [0, 0.05) is 18.7 Å². The highest BCUT2D eigenvalue weighted by Gasteiger charge is 1.99. The van der Waals surface area contributed by atoms with E-state index in [1.54, 1.807) is 0 Å². The number of carbonyl (C=O) groups excluding carboxylic acids is 1. The Hall–Kier alpha value is -0.220. The highest BCUT2D eigenvalue weighted by Crippen LogP contribution is 2.11. The molecule has 126 valence electrons. The lowest BCUT2D eigenvalue weighted by molar-refractivity contribution is -0.121. The van der Waals surface area contributed by atoms with E-state index in [4.69, 9.17) is 5.11 Å². The molecule has 0 atom stereocenters. The second kappa shape index (κ2) is 17.8. The average molecular weight is 318 g/mol. The monoisotopic (exact) mass is 317 g/mol. The molecule has 0 aromatic carbocycles. The summed E-state index contributed by atoms with van der Waals surface area (Å²) in [6.07, 6.45) is 13.0. The molecule has 0 aromatic rings. The minimum Gasteiger partial charge on any atom is -0.396 e. The molecule has 0 fully saturated rings. The highest BCUT2D eigenvalue weighted by atomic mass is 32.2. The molecular weight excluding hydrogens is 282 g/mol. The first kappa shape index (κ1) is 20.8. The van der Waals surface area contributed by atoms with Crippen LogP contribution in [0.5, 0.6) is 0 Å². The van der Waals surface area contributed by atoms with Crippen LogP contribution >= 0.6 is 11.8 Å². The molecule has 0 aliphatic rings. The summed E-state index contributed by atoms with van der Waals surface area (Å²) in [5, 5.41) is 11.6. The molecule has 0 saturated carbocycles. The second-order valence-corrected chi connectivity index (χ2v) is 6.84. The van der Waals surface area contributed by atoms with Crippen molar-refractivity contribution < 1.29 is 9.90 Å². The number of unbranched alkanes of at least 4 members (excludes halogenated alkanes) is 8. The van der Waals surface area contributed by atoms with Crippen molar-refractivity contribution in [1.82, 2.24) is 5.32 Å². The third-order valence-electron chi connectivity index (χ3n) is 3.53. The van der Waals surface area contributed by atoms with Gasteiger partial charge in [0.25, 0.3) is 0 Å². The van der Waals surface area contributed by atoms with Crippen molar-refractivity contribution in [3.8, 4) is 0 Å². The Bertz CT molecular complexity index is 225. The number of amides is 1. The number of aliphatic hydroxyl groups is 1. The normalized spacial score (nSPS) is 10.8. The van der Waals surface area contributed by atoms with Crippen LogP contribution in [-0.4, -0.2) is 35.7 Å². The Morgan fingerprint density at radius 3 is 2.14 bits per heavy atom. The molecule has 0 radical (unpaired) electrons. The molecule has 2 N–H and O–H groups in total. The van der Waals surface area contributed by atoms with Gasteiger partial charge in [-0.1, -0.05) is 51.9 Å². The molecule has 21 heavy (non-hydrogen) atoms. The molecule has 0 rings (SSSR count). The first-order valence-electron chi connectivity index (χ1n) is 8.76.